The van der Waals surface area contributed by atoms with Crippen LogP contribution >= 0.6 is 11.6 Å². The first-order valence-corrected chi connectivity index (χ1v) is 11.6. The number of benzene rings is 1. The third-order valence-corrected chi connectivity index (χ3v) is 7.10. The Kier molecular flexibility index (Phi) is 6.76. The summed E-state index contributed by atoms with van der Waals surface area (Å²) in [6.07, 6.45) is 8.39. The molecule has 0 spiro atoms. The molecule has 1 aromatic carbocycles. The highest BCUT2D eigenvalue weighted by Crippen LogP contribution is 2.35. The summed E-state index contributed by atoms with van der Waals surface area (Å²) in [5.74, 6) is 1.04. The average molecular weight is 418 g/mol. The normalized spacial score (nSPS) is 26.0. The van der Waals surface area contributed by atoms with E-state index in [4.69, 9.17) is 11.6 Å². The largest absolute Gasteiger partial charge is 0.338 e. The molecule has 0 radical (unpaired) electrons. The fourth-order valence-electron chi connectivity index (χ4n) is 5.35. The topological polar surface area (TPSA) is 43.9 Å². The number of halogens is 1. The predicted molar refractivity (Wildman–Crippen MR) is 115 cm³/mol. The lowest BCUT2D eigenvalue weighted by molar-refractivity contribution is -0.138. The van der Waals surface area contributed by atoms with Crippen molar-refractivity contribution in [1.29, 1.82) is 0 Å². The van der Waals surface area contributed by atoms with E-state index in [0.29, 0.717) is 29.7 Å². The Morgan fingerprint density at radius 3 is 2.62 bits per heavy atom. The number of hydrogen-bond acceptors (Lipinski definition) is 3. The van der Waals surface area contributed by atoms with Gasteiger partial charge < -0.3 is 9.80 Å². The van der Waals surface area contributed by atoms with E-state index in [1.54, 1.807) is 12.1 Å². The molecule has 0 bridgehead atoms. The van der Waals surface area contributed by atoms with Crippen molar-refractivity contribution in [1.82, 2.24) is 14.7 Å². The Bertz CT molecular complexity index is 739. The van der Waals surface area contributed by atoms with Gasteiger partial charge in [-0.05, 0) is 56.2 Å². The van der Waals surface area contributed by atoms with Crippen LogP contribution in [-0.2, 0) is 4.79 Å². The number of piperidine rings is 1. The minimum atomic E-state index is 0.0294. The molecule has 0 aromatic heterocycles. The molecule has 3 fully saturated rings. The molecule has 2 atom stereocenters. The van der Waals surface area contributed by atoms with Crippen molar-refractivity contribution in [2.75, 3.05) is 39.3 Å². The molecule has 2 amide bonds. The van der Waals surface area contributed by atoms with Crippen molar-refractivity contribution < 1.29 is 9.59 Å². The predicted octanol–water partition coefficient (Wildman–Crippen LogP) is 3.67. The molecule has 1 aromatic rings. The second-order valence-corrected chi connectivity index (χ2v) is 9.21. The van der Waals surface area contributed by atoms with Gasteiger partial charge in [-0.1, -0.05) is 30.5 Å². The molecular weight excluding hydrogens is 386 g/mol. The average Bonchev–Trinajstić information content (AvgIpc) is 2.98. The minimum Gasteiger partial charge on any atom is -0.338 e. The van der Waals surface area contributed by atoms with E-state index >= 15 is 0 Å². The van der Waals surface area contributed by atoms with Gasteiger partial charge in [-0.25, -0.2) is 0 Å². The molecule has 2 aliphatic heterocycles. The number of likely N-dealkylation sites (tertiary alicyclic amines) is 1. The molecule has 3 aliphatic rings. The summed E-state index contributed by atoms with van der Waals surface area (Å²) in [7, 11) is 0. The van der Waals surface area contributed by atoms with E-state index in [1.165, 1.54) is 32.1 Å². The monoisotopic (exact) mass is 417 g/mol. The highest BCUT2D eigenvalue weighted by Gasteiger charge is 2.36. The molecule has 5 nitrogen and oxygen atoms in total. The van der Waals surface area contributed by atoms with Crippen molar-refractivity contribution >= 4 is 23.4 Å². The first-order chi connectivity index (χ1) is 14.1. The van der Waals surface area contributed by atoms with Crippen LogP contribution in [0.2, 0.25) is 5.02 Å². The SMILES string of the molecule is O=C(c1cccc(Cl)c1)N1CCCN(CC(=O)N2CCCC3CCCCC32)CC1. The van der Waals surface area contributed by atoms with Gasteiger partial charge in [0.05, 0.1) is 6.54 Å². The zero-order valence-electron chi connectivity index (χ0n) is 17.2. The number of carbonyl (C=O) groups excluding carboxylic acids is 2. The summed E-state index contributed by atoms with van der Waals surface area (Å²) in [6.45, 7) is 4.41. The van der Waals surface area contributed by atoms with E-state index in [1.807, 2.05) is 17.0 Å². The van der Waals surface area contributed by atoms with Gasteiger partial charge in [0.25, 0.3) is 5.91 Å². The molecule has 4 rings (SSSR count). The van der Waals surface area contributed by atoms with Crippen molar-refractivity contribution in [2.45, 2.75) is 51.0 Å². The number of fused-ring (bicyclic) bond motifs is 1. The molecule has 1 aliphatic carbocycles. The van der Waals surface area contributed by atoms with Crippen LogP contribution in [0.15, 0.2) is 24.3 Å². The van der Waals surface area contributed by atoms with E-state index in [0.717, 1.165) is 44.9 Å². The van der Waals surface area contributed by atoms with Crippen LogP contribution in [0.3, 0.4) is 0 Å². The molecule has 2 unspecified atom stereocenters. The molecule has 2 heterocycles. The highest BCUT2D eigenvalue weighted by molar-refractivity contribution is 6.30. The second kappa shape index (κ2) is 9.48. The van der Waals surface area contributed by atoms with Crippen molar-refractivity contribution in [2.24, 2.45) is 5.92 Å². The Balaban J connectivity index is 1.32. The third-order valence-electron chi connectivity index (χ3n) is 6.87. The summed E-state index contributed by atoms with van der Waals surface area (Å²) in [4.78, 5) is 32.2. The Labute approximate surface area is 179 Å². The van der Waals surface area contributed by atoms with Gasteiger partial charge in [-0.2, -0.15) is 0 Å². The summed E-state index contributed by atoms with van der Waals surface area (Å²) in [5.41, 5.74) is 0.638. The second-order valence-electron chi connectivity index (χ2n) is 8.77. The molecule has 6 heteroatoms. The smallest absolute Gasteiger partial charge is 0.253 e. The lowest BCUT2D eigenvalue weighted by Gasteiger charge is -2.44. The van der Waals surface area contributed by atoms with Crippen LogP contribution < -0.4 is 0 Å². The minimum absolute atomic E-state index is 0.0294. The van der Waals surface area contributed by atoms with Gasteiger partial charge in [-0.15, -0.1) is 0 Å². The molecular formula is C23H32ClN3O2. The van der Waals surface area contributed by atoms with E-state index < -0.39 is 0 Å². The van der Waals surface area contributed by atoms with Crippen molar-refractivity contribution in [3.05, 3.63) is 34.9 Å². The van der Waals surface area contributed by atoms with Crippen LogP contribution in [0.5, 0.6) is 0 Å². The lowest BCUT2D eigenvalue weighted by Crippen LogP contribution is -2.52. The number of amides is 2. The van der Waals surface area contributed by atoms with Gasteiger partial charge >= 0.3 is 0 Å². The van der Waals surface area contributed by atoms with Crippen LogP contribution in [0.25, 0.3) is 0 Å². The van der Waals surface area contributed by atoms with E-state index in [9.17, 15) is 9.59 Å². The van der Waals surface area contributed by atoms with Gasteiger partial charge in [-0.3, -0.25) is 14.5 Å². The fraction of sp³-hybridized carbons (Fsp3) is 0.652. The third kappa shape index (κ3) is 4.95. The Morgan fingerprint density at radius 2 is 1.76 bits per heavy atom. The zero-order valence-corrected chi connectivity index (χ0v) is 17.9. The Hall–Kier alpha value is -1.59. The van der Waals surface area contributed by atoms with Gasteiger partial charge in [0.1, 0.15) is 0 Å². The molecule has 1 saturated carbocycles. The lowest BCUT2D eigenvalue weighted by atomic mass is 9.78. The summed E-state index contributed by atoms with van der Waals surface area (Å²) in [5, 5.41) is 0.584. The maximum Gasteiger partial charge on any atom is 0.253 e. The highest BCUT2D eigenvalue weighted by atomic mass is 35.5. The quantitative estimate of drug-likeness (QED) is 0.753. The maximum absolute atomic E-state index is 13.1. The fourth-order valence-corrected chi connectivity index (χ4v) is 5.54. The van der Waals surface area contributed by atoms with E-state index in [2.05, 4.69) is 9.80 Å². The molecule has 29 heavy (non-hydrogen) atoms. The first kappa shape index (κ1) is 20.7. The zero-order chi connectivity index (χ0) is 20.2. The van der Waals surface area contributed by atoms with Crippen LogP contribution in [0.1, 0.15) is 55.3 Å². The van der Waals surface area contributed by atoms with Crippen LogP contribution in [0, 0.1) is 5.92 Å². The van der Waals surface area contributed by atoms with Crippen molar-refractivity contribution in [3.63, 3.8) is 0 Å². The standard InChI is InChI=1S/C23H32ClN3O2/c24-20-9-3-7-19(16-20)23(29)26-12-5-11-25(14-15-26)17-22(28)27-13-4-8-18-6-1-2-10-21(18)27/h3,7,9,16,18,21H,1-2,4-6,8,10-15,17H2. The number of carbonyl (C=O) groups is 2. The number of hydrogen-bond donors (Lipinski definition) is 0. The number of nitrogens with zero attached hydrogens (tertiary/aromatic N) is 3. The Morgan fingerprint density at radius 1 is 0.931 bits per heavy atom. The molecule has 2 saturated heterocycles. The summed E-state index contributed by atoms with van der Waals surface area (Å²) in [6, 6.07) is 7.61. The van der Waals surface area contributed by atoms with Crippen molar-refractivity contribution in [3.8, 4) is 0 Å². The number of rotatable bonds is 3. The van der Waals surface area contributed by atoms with Gasteiger partial charge in [0.2, 0.25) is 5.91 Å². The summed E-state index contributed by atoms with van der Waals surface area (Å²) >= 11 is 6.04. The molecule has 158 valence electrons. The first-order valence-electron chi connectivity index (χ1n) is 11.2. The molecule has 0 N–H and O–H groups in total. The van der Waals surface area contributed by atoms with Gasteiger partial charge in [0, 0.05) is 49.4 Å². The van der Waals surface area contributed by atoms with E-state index in [-0.39, 0.29) is 11.8 Å². The van der Waals surface area contributed by atoms with Gasteiger partial charge in [0.15, 0.2) is 0 Å². The van der Waals surface area contributed by atoms with Crippen LogP contribution in [-0.4, -0.2) is 71.8 Å². The summed E-state index contributed by atoms with van der Waals surface area (Å²) < 4.78 is 0. The van der Waals surface area contributed by atoms with Crippen LogP contribution in [0.4, 0.5) is 0 Å². The maximum atomic E-state index is 13.1.